The lowest BCUT2D eigenvalue weighted by atomic mass is 10.1. The Labute approximate surface area is 106 Å². The molecule has 17 heavy (non-hydrogen) atoms. The zero-order valence-electron chi connectivity index (χ0n) is 9.90. The minimum absolute atomic E-state index is 0.356. The van der Waals surface area contributed by atoms with Gasteiger partial charge in [-0.1, -0.05) is 12.1 Å². The van der Waals surface area contributed by atoms with Gasteiger partial charge in [-0.2, -0.15) is 0 Å². The van der Waals surface area contributed by atoms with E-state index in [1.54, 1.807) is 13.0 Å². The van der Waals surface area contributed by atoms with Gasteiger partial charge in [0.2, 0.25) is 15.3 Å². The van der Waals surface area contributed by atoms with E-state index in [1.165, 1.54) is 0 Å². The first-order valence-corrected chi connectivity index (χ1v) is 7.17. The van der Waals surface area contributed by atoms with E-state index in [-0.39, 0.29) is 6.54 Å². The third-order valence-corrected chi connectivity index (χ3v) is 3.55. The number of carbonyl (C=O) groups excluding carboxylic acids is 1. The van der Waals surface area contributed by atoms with E-state index in [0.717, 1.165) is 21.7 Å². The number of rotatable bonds is 4. The Morgan fingerprint density at radius 2 is 1.94 bits per heavy atom. The predicted molar refractivity (Wildman–Crippen MR) is 69.0 cm³/mol. The number of halogens is 1. The summed E-state index contributed by atoms with van der Waals surface area (Å²) in [6.45, 7) is 3.28. The molecule has 0 bridgehead atoms. The average molecular weight is 276 g/mol. The quantitative estimate of drug-likeness (QED) is 0.788. The molecule has 1 aromatic carbocycles. The first-order chi connectivity index (χ1) is 7.71. The van der Waals surface area contributed by atoms with Crippen LogP contribution in [0.25, 0.3) is 0 Å². The van der Waals surface area contributed by atoms with Gasteiger partial charge in [0.15, 0.2) is 0 Å². The largest absolute Gasteiger partial charge is 0.279 e. The Morgan fingerprint density at radius 3 is 2.41 bits per heavy atom. The van der Waals surface area contributed by atoms with Crippen LogP contribution in [0.5, 0.6) is 0 Å². The lowest BCUT2D eigenvalue weighted by molar-refractivity contribution is -0.110. The molecule has 0 N–H and O–H groups in total. The van der Waals surface area contributed by atoms with Crippen LogP contribution in [0, 0.1) is 13.8 Å². The number of aryl methyl sites for hydroxylation is 2. The van der Waals surface area contributed by atoms with Crippen molar-refractivity contribution in [1.29, 1.82) is 0 Å². The van der Waals surface area contributed by atoms with Gasteiger partial charge in [0, 0.05) is 0 Å². The van der Waals surface area contributed by atoms with Gasteiger partial charge in [0.1, 0.15) is 6.54 Å². The molecular formula is C11H14ClNO3S. The fourth-order valence-corrected chi connectivity index (χ4v) is 2.58. The van der Waals surface area contributed by atoms with Crippen LogP contribution in [0.1, 0.15) is 11.1 Å². The van der Waals surface area contributed by atoms with E-state index >= 15 is 0 Å². The summed E-state index contributed by atoms with van der Waals surface area (Å²) in [5.74, 6) is 0. The smallest absolute Gasteiger partial charge is 0.242 e. The van der Waals surface area contributed by atoms with Gasteiger partial charge < -0.3 is 0 Å². The van der Waals surface area contributed by atoms with Gasteiger partial charge in [-0.15, -0.1) is 0 Å². The molecule has 0 heterocycles. The number of hydrogen-bond donors (Lipinski definition) is 0. The first-order valence-electron chi connectivity index (χ1n) is 4.95. The summed E-state index contributed by atoms with van der Waals surface area (Å²) in [5, 5.41) is -0.712. The molecule has 0 atom stereocenters. The van der Waals surface area contributed by atoms with E-state index in [0.29, 0.717) is 5.69 Å². The van der Waals surface area contributed by atoms with Gasteiger partial charge in [0.05, 0.1) is 11.9 Å². The van der Waals surface area contributed by atoms with Crippen molar-refractivity contribution in [2.75, 3.05) is 17.1 Å². The predicted octanol–water partition coefficient (Wildman–Crippen LogP) is 1.83. The zero-order chi connectivity index (χ0) is 13.2. The van der Waals surface area contributed by atoms with Crippen molar-refractivity contribution in [3.63, 3.8) is 0 Å². The van der Waals surface area contributed by atoms with Crippen molar-refractivity contribution in [1.82, 2.24) is 0 Å². The number of hydrogen-bond acceptors (Lipinski definition) is 3. The van der Waals surface area contributed by atoms with E-state index in [4.69, 9.17) is 11.6 Å². The maximum absolute atomic E-state index is 11.6. The molecule has 0 aliphatic heterocycles. The molecule has 0 saturated heterocycles. The third-order valence-electron chi connectivity index (χ3n) is 2.30. The second kappa shape index (κ2) is 5.06. The van der Waals surface area contributed by atoms with Crippen molar-refractivity contribution in [2.24, 2.45) is 0 Å². The maximum atomic E-state index is 11.6. The van der Waals surface area contributed by atoms with E-state index in [9.17, 15) is 13.2 Å². The van der Waals surface area contributed by atoms with Crippen LogP contribution in [-0.4, -0.2) is 26.5 Å². The second-order valence-electron chi connectivity index (χ2n) is 3.91. The molecule has 0 aliphatic rings. The molecule has 0 amide bonds. The van der Waals surface area contributed by atoms with Crippen LogP contribution in [-0.2, 0) is 14.8 Å². The molecule has 0 radical (unpaired) electrons. The van der Waals surface area contributed by atoms with Gasteiger partial charge in [-0.3, -0.25) is 9.10 Å². The number of sulfonamides is 1. The van der Waals surface area contributed by atoms with Gasteiger partial charge in [0.25, 0.3) is 0 Å². The first kappa shape index (κ1) is 14.0. The van der Waals surface area contributed by atoms with Crippen LogP contribution in [0.15, 0.2) is 18.2 Å². The molecule has 0 aliphatic carbocycles. The normalized spacial score (nSPS) is 11.3. The molecule has 94 valence electrons. The minimum atomic E-state index is -3.52. The Balaban J connectivity index is 3.31. The number of benzene rings is 1. The number of carbonyl (C=O) groups is 1. The highest BCUT2D eigenvalue weighted by molar-refractivity contribution is 7.92. The summed E-state index contributed by atoms with van der Waals surface area (Å²) in [5.41, 5.74) is 2.18. The van der Waals surface area contributed by atoms with E-state index in [2.05, 4.69) is 0 Å². The Kier molecular flexibility index (Phi) is 4.16. The van der Waals surface area contributed by atoms with Gasteiger partial charge >= 0.3 is 0 Å². The highest BCUT2D eigenvalue weighted by atomic mass is 35.5. The summed E-state index contributed by atoms with van der Waals surface area (Å²) in [4.78, 5) is 10.9. The molecule has 1 aromatic rings. The van der Waals surface area contributed by atoms with Crippen molar-refractivity contribution in [2.45, 2.75) is 13.8 Å². The van der Waals surface area contributed by atoms with Crippen molar-refractivity contribution >= 4 is 32.6 Å². The topological polar surface area (TPSA) is 54.5 Å². The highest BCUT2D eigenvalue weighted by Gasteiger charge is 2.21. The lowest BCUT2D eigenvalue weighted by Crippen LogP contribution is -2.34. The van der Waals surface area contributed by atoms with Crippen LogP contribution < -0.4 is 4.31 Å². The van der Waals surface area contributed by atoms with Crippen LogP contribution in [0.4, 0.5) is 5.69 Å². The molecule has 4 nitrogen and oxygen atoms in total. The van der Waals surface area contributed by atoms with Gasteiger partial charge in [-0.05, 0) is 42.6 Å². The molecule has 6 heteroatoms. The van der Waals surface area contributed by atoms with Crippen molar-refractivity contribution in [3.05, 3.63) is 29.3 Å². The summed E-state index contributed by atoms with van der Waals surface area (Å²) in [7, 11) is -3.52. The number of anilines is 1. The number of nitrogens with zero attached hydrogens (tertiary/aromatic N) is 1. The molecule has 1 rings (SSSR count). The van der Waals surface area contributed by atoms with Crippen LogP contribution in [0.2, 0.25) is 0 Å². The summed E-state index contributed by atoms with van der Waals surface area (Å²) >= 11 is 5.28. The lowest BCUT2D eigenvalue weighted by Gasteiger charge is -2.22. The third kappa shape index (κ3) is 3.71. The molecular weight excluding hydrogens is 262 g/mol. The van der Waals surface area contributed by atoms with Crippen molar-refractivity contribution in [3.8, 4) is 0 Å². The Hall–Kier alpha value is -1.07. The maximum Gasteiger partial charge on any atom is 0.242 e. The molecule has 0 fully saturated rings. The summed E-state index contributed by atoms with van der Waals surface area (Å²) in [6, 6.07) is 5.40. The Morgan fingerprint density at radius 1 is 1.35 bits per heavy atom. The summed E-state index contributed by atoms with van der Waals surface area (Å²) in [6.07, 6.45) is 1.05. The van der Waals surface area contributed by atoms with Gasteiger partial charge in [-0.25, -0.2) is 8.42 Å². The fraction of sp³-hybridized carbons (Fsp3) is 0.364. The fourth-order valence-electron chi connectivity index (χ4n) is 1.48. The SMILES string of the molecule is Cc1ccc(C)c(N(CC(=O)Cl)S(C)(=O)=O)c1. The van der Waals surface area contributed by atoms with Crippen LogP contribution in [0.3, 0.4) is 0 Å². The average Bonchev–Trinajstić information content (AvgIpc) is 2.16. The standard InChI is InChI=1S/C11H14ClNO3S/c1-8-4-5-9(2)10(6-8)13(7-11(12)14)17(3,15)16/h4-6H,7H2,1-3H3. The monoisotopic (exact) mass is 275 g/mol. The van der Waals surface area contributed by atoms with E-state index < -0.39 is 15.3 Å². The molecule has 0 unspecified atom stereocenters. The van der Waals surface area contributed by atoms with Crippen LogP contribution >= 0.6 is 11.6 Å². The van der Waals surface area contributed by atoms with E-state index in [1.807, 2.05) is 19.1 Å². The zero-order valence-corrected chi connectivity index (χ0v) is 11.5. The molecule has 0 spiro atoms. The summed E-state index contributed by atoms with van der Waals surface area (Å²) < 4.78 is 24.3. The highest BCUT2D eigenvalue weighted by Crippen LogP contribution is 2.23. The minimum Gasteiger partial charge on any atom is -0.279 e. The van der Waals surface area contributed by atoms with Crippen molar-refractivity contribution < 1.29 is 13.2 Å². The Bertz CT molecular complexity index is 540. The second-order valence-corrected chi connectivity index (χ2v) is 6.24. The molecule has 0 aromatic heterocycles. The molecule has 0 saturated carbocycles.